The lowest BCUT2D eigenvalue weighted by atomic mass is 9.61. The van der Waals surface area contributed by atoms with Crippen LogP contribution >= 0.6 is 0 Å². The van der Waals surface area contributed by atoms with E-state index < -0.39 is 0 Å². The van der Waals surface area contributed by atoms with Gasteiger partial charge >= 0.3 is 0 Å². The SMILES string of the molecule is C/C(=C/c1ccc(CO)cc1)c1ccc2c(c1)C(C)(C)[C@H](O)CC2(C)C. The van der Waals surface area contributed by atoms with E-state index >= 15 is 0 Å². The summed E-state index contributed by atoms with van der Waals surface area (Å²) in [6.07, 6.45) is 2.62. The number of hydrogen-bond acceptors (Lipinski definition) is 2. The van der Waals surface area contributed by atoms with Gasteiger partial charge in [0.15, 0.2) is 0 Å². The highest BCUT2D eigenvalue weighted by Gasteiger charge is 2.43. The standard InChI is InChI=1S/C24H30O2/c1-16(12-17-6-8-18(15-25)9-7-17)19-10-11-20-21(13-19)24(4,5)22(26)14-23(20,2)3/h6-13,22,25-26H,14-15H2,1-5H3/b16-12-/t22-/m1/s1. The second-order valence-electron chi connectivity index (χ2n) is 8.81. The molecule has 138 valence electrons. The third kappa shape index (κ3) is 3.36. The summed E-state index contributed by atoms with van der Waals surface area (Å²) >= 11 is 0. The highest BCUT2D eigenvalue weighted by Crippen LogP contribution is 2.46. The van der Waals surface area contributed by atoms with Crippen molar-refractivity contribution in [2.24, 2.45) is 0 Å². The minimum Gasteiger partial charge on any atom is -0.392 e. The Kier molecular flexibility index (Phi) is 4.85. The Bertz CT molecular complexity index is 826. The average Bonchev–Trinajstić information content (AvgIpc) is 2.60. The molecule has 2 aromatic rings. The number of aliphatic hydroxyl groups is 2. The molecule has 0 aromatic heterocycles. The molecule has 1 aliphatic rings. The van der Waals surface area contributed by atoms with Gasteiger partial charge in [-0.25, -0.2) is 0 Å². The molecule has 2 aromatic carbocycles. The summed E-state index contributed by atoms with van der Waals surface area (Å²) in [7, 11) is 0. The third-order valence-corrected chi connectivity index (χ3v) is 5.98. The van der Waals surface area contributed by atoms with Crippen LogP contribution in [0.25, 0.3) is 11.6 Å². The Balaban J connectivity index is 2.02. The summed E-state index contributed by atoms with van der Waals surface area (Å²) in [5.41, 5.74) is 6.76. The van der Waals surface area contributed by atoms with Gasteiger partial charge < -0.3 is 10.2 Å². The predicted octanol–water partition coefficient (Wildman–Crippen LogP) is 5.06. The lowest BCUT2D eigenvalue weighted by Crippen LogP contribution is -2.45. The topological polar surface area (TPSA) is 40.5 Å². The molecule has 0 saturated carbocycles. The predicted molar refractivity (Wildman–Crippen MR) is 109 cm³/mol. The molecule has 2 nitrogen and oxygen atoms in total. The van der Waals surface area contributed by atoms with Crippen LogP contribution in [0.5, 0.6) is 0 Å². The molecule has 1 aliphatic carbocycles. The van der Waals surface area contributed by atoms with E-state index in [-0.39, 0.29) is 23.5 Å². The fraction of sp³-hybridized carbons (Fsp3) is 0.417. The second-order valence-corrected chi connectivity index (χ2v) is 8.81. The first-order valence-electron chi connectivity index (χ1n) is 9.37. The van der Waals surface area contributed by atoms with Gasteiger partial charge in [0, 0.05) is 5.41 Å². The molecule has 0 unspecified atom stereocenters. The largest absolute Gasteiger partial charge is 0.392 e. The van der Waals surface area contributed by atoms with Crippen molar-refractivity contribution in [3.8, 4) is 0 Å². The Morgan fingerprint density at radius 3 is 2.31 bits per heavy atom. The van der Waals surface area contributed by atoms with Crippen LogP contribution in [0.4, 0.5) is 0 Å². The Morgan fingerprint density at radius 1 is 1.04 bits per heavy atom. The number of hydrogen-bond donors (Lipinski definition) is 2. The molecule has 0 heterocycles. The minimum absolute atomic E-state index is 0.0133. The Labute approximate surface area is 157 Å². The van der Waals surface area contributed by atoms with Crippen LogP contribution in [0.3, 0.4) is 0 Å². The van der Waals surface area contributed by atoms with Crippen molar-refractivity contribution in [3.05, 3.63) is 70.3 Å². The van der Waals surface area contributed by atoms with Gasteiger partial charge in [-0.15, -0.1) is 0 Å². The first-order valence-corrected chi connectivity index (χ1v) is 9.37. The van der Waals surface area contributed by atoms with E-state index in [2.05, 4.69) is 58.9 Å². The van der Waals surface area contributed by atoms with E-state index in [0.717, 1.165) is 17.5 Å². The van der Waals surface area contributed by atoms with Gasteiger partial charge in [0.2, 0.25) is 0 Å². The van der Waals surface area contributed by atoms with Crippen LogP contribution in [0.1, 0.15) is 68.9 Å². The lowest BCUT2D eigenvalue weighted by molar-refractivity contribution is 0.0583. The van der Waals surface area contributed by atoms with Gasteiger partial charge in [0.1, 0.15) is 0 Å². The lowest BCUT2D eigenvalue weighted by Gasteiger charge is -2.45. The van der Waals surface area contributed by atoms with Crippen molar-refractivity contribution in [1.29, 1.82) is 0 Å². The Morgan fingerprint density at radius 2 is 1.69 bits per heavy atom. The maximum atomic E-state index is 10.7. The van der Waals surface area contributed by atoms with Crippen molar-refractivity contribution < 1.29 is 10.2 Å². The highest BCUT2D eigenvalue weighted by atomic mass is 16.3. The zero-order valence-electron chi connectivity index (χ0n) is 16.5. The van der Waals surface area contributed by atoms with Crippen LogP contribution in [-0.2, 0) is 17.4 Å². The summed E-state index contributed by atoms with van der Waals surface area (Å²) in [6.45, 7) is 10.9. The Hall–Kier alpha value is -1.90. The van der Waals surface area contributed by atoms with E-state index in [1.165, 1.54) is 22.3 Å². The van der Waals surface area contributed by atoms with E-state index in [4.69, 9.17) is 0 Å². The molecule has 0 radical (unpaired) electrons. The van der Waals surface area contributed by atoms with E-state index in [1.54, 1.807) is 0 Å². The van der Waals surface area contributed by atoms with Crippen molar-refractivity contribution in [3.63, 3.8) is 0 Å². The fourth-order valence-corrected chi connectivity index (χ4v) is 3.99. The molecular formula is C24H30O2. The van der Waals surface area contributed by atoms with Crippen LogP contribution in [-0.4, -0.2) is 16.3 Å². The van der Waals surface area contributed by atoms with Crippen LogP contribution in [0.2, 0.25) is 0 Å². The van der Waals surface area contributed by atoms with Gasteiger partial charge in [-0.2, -0.15) is 0 Å². The first kappa shape index (κ1) is 18.9. The second kappa shape index (κ2) is 6.68. The number of fused-ring (bicyclic) bond motifs is 1. The molecule has 0 spiro atoms. The van der Waals surface area contributed by atoms with E-state index in [0.29, 0.717) is 0 Å². The summed E-state index contributed by atoms with van der Waals surface area (Å²) in [5.74, 6) is 0. The molecule has 26 heavy (non-hydrogen) atoms. The molecule has 1 atom stereocenters. The summed E-state index contributed by atoms with van der Waals surface area (Å²) in [4.78, 5) is 0. The summed E-state index contributed by atoms with van der Waals surface area (Å²) in [5, 5.41) is 19.9. The minimum atomic E-state index is -0.337. The zero-order chi connectivity index (χ0) is 19.1. The molecule has 2 N–H and O–H groups in total. The highest BCUT2D eigenvalue weighted by molar-refractivity contribution is 5.80. The number of rotatable bonds is 3. The van der Waals surface area contributed by atoms with Gasteiger partial charge in [0.05, 0.1) is 12.7 Å². The van der Waals surface area contributed by atoms with Crippen molar-refractivity contribution in [1.82, 2.24) is 0 Å². The third-order valence-electron chi connectivity index (χ3n) is 5.98. The van der Waals surface area contributed by atoms with Crippen LogP contribution in [0.15, 0.2) is 42.5 Å². The molecular weight excluding hydrogens is 320 g/mol. The smallest absolute Gasteiger partial charge is 0.0681 e. The number of benzene rings is 2. The van der Waals surface area contributed by atoms with Gasteiger partial charge in [-0.1, -0.05) is 76.2 Å². The maximum Gasteiger partial charge on any atom is 0.0681 e. The first-order chi connectivity index (χ1) is 12.1. The zero-order valence-corrected chi connectivity index (χ0v) is 16.5. The molecule has 2 heteroatoms. The van der Waals surface area contributed by atoms with Crippen molar-refractivity contribution >= 4 is 11.6 Å². The van der Waals surface area contributed by atoms with Gasteiger partial charge in [-0.3, -0.25) is 0 Å². The van der Waals surface area contributed by atoms with Crippen molar-refractivity contribution in [2.45, 2.75) is 64.6 Å². The fourth-order valence-electron chi connectivity index (χ4n) is 3.99. The molecule has 0 amide bonds. The van der Waals surface area contributed by atoms with E-state index in [1.807, 2.05) is 24.3 Å². The van der Waals surface area contributed by atoms with Crippen molar-refractivity contribution in [2.75, 3.05) is 0 Å². The summed E-state index contributed by atoms with van der Waals surface area (Å²) in [6, 6.07) is 14.7. The monoisotopic (exact) mass is 350 g/mol. The molecule has 0 bridgehead atoms. The van der Waals surface area contributed by atoms with E-state index in [9.17, 15) is 10.2 Å². The molecule has 0 saturated heterocycles. The average molecular weight is 351 g/mol. The molecule has 3 rings (SSSR count). The summed E-state index contributed by atoms with van der Waals surface area (Å²) < 4.78 is 0. The quantitative estimate of drug-likeness (QED) is 0.760. The molecule has 0 fully saturated rings. The van der Waals surface area contributed by atoms with Gasteiger partial charge in [0.25, 0.3) is 0 Å². The maximum absolute atomic E-state index is 10.7. The van der Waals surface area contributed by atoms with Gasteiger partial charge in [-0.05, 0) is 52.1 Å². The molecule has 0 aliphatic heterocycles. The normalized spacial score (nSPS) is 21.3. The number of allylic oxidation sites excluding steroid dienone is 1. The van der Waals surface area contributed by atoms with Crippen LogP contribution in [0, 0.1) is 0 Å². The van der Waals surface area contributed by atoms with Crippen LogP contribution < -0.4 is 0 Å². The number of aliphatic hydroxyl groups excluding tert-OH is 2.